The van der Waals surface area contributed by atoms with Gasteiger partial charge in [0.25, 0.3) is 0 Å². The first kappa shape index (κ1) is 13.0. The number of hydrogen-bond acceptors (Lipinski definition) is 7. The van der Waals surface area contributed by atoms with E-state index >= 15 is 0 Å². The second-order valence-corrected chi connectivity index (χ2v) is 2.86. The number of carbonyl (C=O) groups excluding carboxylic acids is 1. The molecule has 1 rings (SSSR count). The maximum Gasteiger partial charge on any atom is 0.424 e. The van der Waals surface area contributed by atoms with Gasteiger partial charge in [-0.1, -0.05) is 0 Å². The van der Waals surface area contributed by atoms with Crippen molar-refractivity contribution in [1.29, 1.82) is 0 Å². The number of nitrogens with zero attached hydrogens (tertiary/aromatic N) is 3. The Morgan fingerprint density at radius 1 is 0.944 bits per heavy atom. The Labute approximate surface area is 97.5 Å². The van der Waals surface area contributed by atoms with Gasteiger partial charge in [0.15, 0.2) is 0 Å². The van der Waals surface area contributed by atoms with Gasteiger partial charge < -0.3 is 5.32 Å². The molecule has 0 spiro atoms. The molecule has 0 saturated heterocycles. The van der Waals surface area contributed by atoms with Gasteiger partial charge in [-0.2, -0.15) is 0 Å². The Bertz CT molecular complexity index is 555. The van der Waals surface area contributed by atoms with Crippen molar-refractivity contribution < 1.29 is 19.6 Å². The number of amides is 1. The molecule has 0 saturated carbocycles. The summed E-state index contributed by atoms with van der Waals surface area (Å²) < 4.78 is 0. The van der Waals surface area contributed by atoms with Gasteiger partial charge in [-0.05, 0) is 6.07 Å². The molecule has 18 heavy (non-hydrogen) atoms. The SMILES string of the molecule is O=CNc1ccc([N+](=O)[O-])c([N+](=O)[O-])c1[N+](=O)[O-]. The molecule has 1 aromatic rings. The third-order valence-electron chi connectivity index (χ3n) is 1.91. The average Bonchev–Trinajstić information content (AvgIpc) is 2.27. The Hall–Kier alpha value is -3.11. The van der Waals surface area contributed by atoms with Gasteiger partial charge in [-0.3, -0.25) is 35.1 Å². The number of carbonyl (C=O) groups is 1. The molecule has 0 aliphatic heterocycles. The van der Waals surface area contributed by atoms with Gasteiger partial charge in [0, 0.05) is 6.07 Å². The molecular formula is C7H4N4O7. The lowest BCUT2D eigenvalue weighted by molar-refractivity contribution is -0.440. The van der Waals surface area contributed by atoms with Crippen molar-refractivity contribution in [1.82, 2.24) is 0 Å². The zero-order chi connectivity index (χ0) is 13.9. The molecule has 1 amide bonds. The molecule has 0 unspecified atom stereocenters. The van der Waals surface area contributed by atoms with Gasteiger partial charge in [0.05, 0.1) is 14.8 Å². The third-order valence-corrected chi connectivity index (χ3v) is 1.91. The first-order valence-corrected chi connectivity index (χ1v) is 4.20. The fourth-order valence-electron chi connectivity index (χ4n) is 1.26. The van der Waals surface area contributed by atoms with Crippen LogP contribution in [-0.2, 0) is 4.79 Å². The van der Waals surface area contributed by atoms with Crippen LogP contribution in [0.5, 0.6) is 0 Å². The van der Waals surface area contributed by atoms with Crippen LogP contribution in [0.2, 0.25) is 0 Å². The van der Waals surface area contributed by atoms with Crippen molar-refractivity contribution in [3.63, 3.8) is 0 Å². The highest BCUT2D eigenvalue weighted by molar-refractivity contribution is 5.85. The van der Waals surface area contributed by atoms with Crippen LogP contribution >= 0.6 is 0 Å². The lowest BCUT2D eigenvalue weighted by atomic mass is 10.2. The molecule has 0 aliphatic carbocycles. The quantitative estimate of drug-likeness (QED) is 0.466. The second kappa shape index (κ2) is 4.82. The van der Waals surface area contributed by atoms with E-state index in [9.17, 15) is 35.1 Å². The van der Waals surface area contributed by atoms with Crippen LogP contribution in [0, 0.1) is 30.3 Å². The van der Waals surface area contributed by atoms with Crippen LogP contribution < -0.4 is 5.32 Å². The standard InChI is InChI=1S/C7H4N4O7/c12-3-8-4-1-2-5(9(13)14)7(11(17)18)6(4)10(15)16/h1-3H,(H,8,12). The fourth-order valence-corrected chi connectivity index (χ4v) is 1.26. The molecule has 1 aromatic carbocycles. The molecule has 0 aromatic heterocycles. The predicted octanol–water partition coefficient (Wildman–Crippen LogP) is 0.979. The number of benzene rings is 1. The number of nitro benzene ring substituents is 3. The van der Waals surface area contributed by atoms with Crippen molar-refractivity contribution in [3.8, 4) is 0 Å². The van der Waals surface area contributed by atoms with E-state index in [0.717, 1.165) is 6.07 Å². The normalized spacial score (nSPS) is 9.56. The molecule has 0 heterocycles. The molecule has 11 nitrogen and oxygen atoms in total. The summed E-state index contributed by atoms with van der Waals surface area (Å²) in [7, 11) is 0. The molecule has 0 aliphatic rings. The average molecular weight is 256 g/mol. The largest absolute Gasteiger partial charge is 0.424 e. The summed E-state index contributed by atoms with van der Waals surface area (Å²) in [6.07, 6.45) is 0.0674. The zero-order valence-electron chi connectivity index (χ0n) is 8.43. The number of rotatable bonds is 5. The van der Waals surface area contributed by atoms with Gasteiger partial charge in [0.1, 0.15) is 5.69 Å². The molecule has 1 N–H and O–H groups in total. The summed E-state index contributed by atoms with van der Waals surface area (Å²) in [5, 5.41) is 33.8. The highest BCUT2D eigenvalue weighted by atomic mass is 16.6. The van der Waals surface area contributed by atoms with Crippen LogP contribution in [0.4, 0.5) is 22.7 Å². The first-order chi connectivity index (χ1) is 8.40. The summed E-state index contributed by atoms with van der Waals surface area (Å²) in [6, 6.07) is 1.55. The van der Waals surface area contributed by atoms with E-state index in [4.69, 9.17) is 0 Å². The van der Waals surface area contributed by atoms with Gasteiger partial charge in [0.2, 0.25) is 6.41 Å². The van der Waals surface area contributed by atoms with Crippen molar-refractivity contribution in [3.05, 3.63) is 42.5 Å². The topological polar surface area (TPSA) is 159 Å². The highest BCUT2D eigenvalue weighted by Gasteiger charge is 2.38. The predicted molar refractivity (Wildman–Crippen MR) is 56.1 cm³/mol. The summed E-state index contributed by atoms with van der Waals surface area (Å²) in [4.78, 5) is 38.6. The van der Waals surface area contributed by atoms with E-state index in [2.05, 4.69) is 0 Å². The lowest BCUT2D eigenvalue weighted by Gasteiger charge is -2.01. The lowest BCUT2D eigenvalue weighted by Crippen LogP contribution is -2.05. The van der Waals surface area contributed by atoms with Crippen LogP contribution in [-0.4, -0.2) is 21.2 Å². The van der Waals surface area contributed by atoms with E-state index in [-0.39, 0.29) is 6.41 Å². The number of nitro groups is 3. The molecule has 94 valence electrons. The Balaban J connectivity index is 3.70. The minimum absolute atomic E-state index is 0.0674. The van der Waals surface area contributed by atoms with Crippen molar-refractivity contribution in [2.45, 2.75) is 0 Å². The number of hydrogen-bond donors (Lipinski definition) is 1. The number of nitrogens with one attached hydrogen (secondary N) is 1. The fraction of sp³-hybridized carbons (Fsp3) is 0. The van der Waals surface area contributed by atoms with Crippen LogP contribution in [0.3, 0.4) is 0 Å². The molecular weight excluding hydrogens is 252 g/mol. The maximum atomic E-state index is 10.7. The van der Waals surface area contributed by atoms with Gasteiger partial charge in [-0.25, -0.2) is 0 Å². The minimum atomic E-state index is -1.28. The molecule has 0 bridgehead atoms. The van der Waals surface area contributed by atoms with E-state index in [0.29, 0.717) is 6.07 Å². The van der Waals surface area contributed by atoms with Crippen LogP contribution in [0.25, 0.3) is 0 Å². The van der Waals surface area contributed by atoms with E-state index < -0.39 is 37.5 Å². The first-order valence-electron chi connectivity index (χ1n) is 4.20. The van der Waals surface area contributed by atoms with Crippen molar-refractivity contribution >= 4 is 29.2 Å². The monoisotopic (exact) mass is 256 g/mol. The van der Waals surface area contributed by atoms with Crippen molar-refractivity contribution in [2.75, 3.05) is 5.32 Å². The van der Waals surface area contributed by atoms with Crippen LogP contribution in [0.15, 0.2) is 12.1 Å². The van der Waals surface area contributed by atoms with E-state index in [1.54, 1.807) is 0 Å². The third kappa shape index (κ3) is 2.18. The molecule has 11 heteroatoms. The summed E-state index contributed by atoms with van der Waals surface area (Å²) >= 11 is 0. The summed E-state index contributed by atoms with van der Waals surface area (Å²) in [5.41, 5.74) is -3.94. The van der Waals surface area contributed by atoms with E-state index in [1.165, 1.54) is 0 Å². The second-order valence-electron chi connectivity index (χ2n) is 2.86. The minimum Gasteiger partial charge on any atom is -0.323 e. The van der Waals surface area contributed by atoms with Crippen LogP contribution in [0.1, 0.15) is 0 Å². The zero-order valence-corrected chi connectivity index (χ0v) is 8.43. The summed E-state index contributed by atoms with van der Waals surface area (Å²) in [5.74, 6) is 0. The van der Waals surface area contributed by atoms with E-state index in [1.807, 2.05) is 5.32 Å². The summed E-state index contributed by atoms with van der Waals surface area (Å²) in [6.45, 7) is 0. The molecule has 0 atom stereocenters. The highest BCUT2D eigenvalue weighted by Crippen LogP contribution is 2.41. The van der Waals surface area contributed by atoms with Gasteiger partial charge >= 0.3 is 17.1 Å². The Morgan fingerprint density at radius 3 is 1.89 bits per heavy atom. The maximum absolute atomic E-state index is 10.7. The Morgan fingerprint density at radius 2 is 1.50 bits per heavy atom. The molecule has 0 fully saturated rings. The molecule has 0 radical (unpaired) electrons. The smallest absolute Gasteiger partial charge is 0.323 e. The van der Waals surface area contributed by atoms with Crippen molar-refractivity contribution in [2.24, 2.45) is 0 Å². The van der Waals surface area contributed by atoms with Gasteiger partial charge in [-0.15, -0.1) is 0 Å². The Kier molecular flexibility index (Phi) is 3.47. The number of anilines is 1.